The van der Waals surface area contributed by atoms with Crippen molar-refractivity contribution in [1.82, 2.24) is 0 Å². The average Bonchev–Trinajstić information content (AvgIpc) is 2.37. The summed E-state index contributed by atoms with van der Waals surface area (Å²) in [7, 11) is 1.56. The highest BCUT2D eigenvalue weighted by Crippen LogP contribution is 2.36. The number of ether oxygens (including phenoxy) is 1. The van der Waals surface area contributed by atoms with Crippen LogP contribution < -0.4 is 5.32 Å². The highest BCUT2D eigenvalue weighted by molar-refractivity contribution is 5.90. The normalized spacial score (nSPS) is 16.1. The van der Waals surface area contributed by atoms with Crippen molar-refractivity contribution >= 4 is 17.3 Å². The highest BCUT2D eigenvalue weighted by atomic mass is 19.1. The van der Waals surface area contributed by atoms with Crippen LogP contribution in [0.15, 0.2) is 12.1 Å². The lowest BCUT2D eigenvalue weighted by molar-refractivity contribution is -0.384. The molecule has 1 aromatic carbocycles. The number of aromatic carboxylic acids is 1. The Morgan fingerprint density at radius 1 is 1.57 bits per heavy atom. The summed E-state index contributed by atoms with van der Waals surface area (Å²) in [5, 5.41) is 22.6. The number of nitro groups is 1. The zero-order valence-corrected chi connectivity index (χ0v) is 11.4. The Morgan fingerprint density at radius 3 is 2.67 bits per heavy atom. The highest BCUT2D eigenvalue weighted by Gasteiger charge is 2.37. The number of hydrogen-bond donors (Lipinski definition) is 2. The number of carbonyl (C=O) groups is 1. The van der Waals surface area contributed by atoms with Crippen LogP contribution in [0.3, 0.4) is 0 Å². The minimum absolute atomic E-state index is 0.0502. The molecule has 2 N–H and O–H groups in total. The van der Waals surface area contributed by atoms with E-state index in [0.29, 0.717) is 6.54 Å². The largest absolute Gasteiger partial charge is 0.478 e. The van der Waals surface area contributed by atoms with E-state index >= 15 is 0 Å². The number of nitrogens with one attached hydrogen (secondary N) is 1. The number of carboxylic acids is 1. The van der Waals surface area contributed by atoms with Crippen LogP contribution in [-0.4, -0.2) is 35.3 Å². The number of nitrogens with zero attached hydrogens (tertiary/aromatic N) is 1. The summed E-state index contributed by atoms with van der Waals surface area (Å²) >= 11 is 0. The van der Waals surface area contributed by atoms with Crippen LogP contribution in [0.1, 0.15) is 29.6 Å². The molecule has 1 aliphatic carbocycles. The lowest BCUT2D eigenvalue weighted by Gasteiger charge is -2.40. The minimum Gasteiger partial charge on any atom is -0.478 e. The summed E-state index contributed by atoms with van der Waals surface area (Å²) in [5.74, 6) is -2.56. The Balaban J connectivity index is 2.27. The van der Waals surface area contributed by atoms with Gasteiger partial charge in [-0.3, -0.25) is 10.1 Å². The molecule has 21 heavy (non-hydrogen) atoms. The van der Waals surface area contributed by atoms with Gasteiger partial charge < -0.3 is 15.2 Å². The number of carboxylic acid groups (broad SMARTS) is 1. The second-order valence-corrected chi connectivity index (χ2v) is 5.01. The molecule has 114 valence electrons. The van der Waals surface area contributed by atoms with E-state index < -0.39 is 33.6 Å². The maximum Gasteiger partial charge on any atom is 0.338 e. The third-order valence-electron chi connectivity index (χ3n) is 3.81. The van der Waals surface area contributed by atoms with Crippen LogP contribution in [0.4, 0.5) is 15.8 Å². The second kappa shape index (κ2) is 5.65. The van der Waals surface area contributed by atoms with Gasteiger partial charge in [0.05, 0.1) is 10.5 Å². The molecule has 0 aromatic heterocycles. The van der Waals surface area contributed by atoms with Gasteiger partial charge in [0.15, 0.2) is 0 Å². The number of halogens is 1. The van der Waals surface area contributed by atoms with E-state index in [9.17, 15) is 19.3 Å². The molecule has 0 heterocycles. The molecule has 2 rings (SSSR count). The van der Waals surface area contributed by atoms with Crippen molar-refractivity contribution in [2.75, 3.05) is 19.0 Å². The third-order valence-corrected chi connectivity index (χ3v) is 3.81. The molecule has 1 saturated carbocycles. The second-order valence-electron chi connectivity index (χ2n) is 5.01. The number of hydrogen-bond acceptors (Lipinski definition) is 5. The molecule has 8 heteroatoms. The van der Waals surface area contributed by atoms with E-state index in [2.05, 4.69) is 5.32 Å². The fourth-order valence-electron chi connectivity index (χ4n) is 2.30. The van der Waals surface area contributed by atoms with E-state index in [1.165, 1.54) is 0 Å². The molecule has 7 nitrogen and oxygen atoms in total. The standard InChI is InChI=1S/C13H15FN2O5/c1-21-13(3-2-4-13)7-15-10-6-9(14)8(12(17)18)5-11(10)16(19)20/h5-6,15H,2-4,7H2,1H3,(H,17,18). The fourth-order valence-corrected chi connectivity index (χ4v) is 2.30. The molecular formula is C13H15FN2O5. The summed E-state index contributed by atoms with van der Waals surface area (Å²) in [5.41, 5.74) is -1.64. The summed E-state index contributed by atoms with van der Waals surface area (Å²) in [4.78, 5) is 21.1. The number of methoxy groups -OCH3 is 1. The first-order chi connectivity index (χ1) is 9.88. The maximum absolute atomic E-state index is 13.7. The van der Waals surface area contributed by atoms with Gasteiger partial charge in [0.2, 0.25) is 0 Å². The zero-order valence-electron chi connectivity index (χ0n) is 11.4. The van der Waals surface area contributed by atoms with Crippen molar-refractivity contribution in [3.05, 3.63) is 33.6 Å². The third kappa shape index (κ3) is 2.94. The lowest BCUT2D eigenvalue weighted by Crippen LogP contribution is -2.45. The minimum atomic E-state index is -1.55. The van der Waals surface area contributed by atoms with Crippen molar-refractivity contribution < 1.29 is 24.0 Å². The molecule has 0 radical (unpaired) electrons. The van der Waals surface area contributed by atoms with Gasteiger partial charge in [-0.25, -0.2) is 9.18 Å². The van der Waals surface area contributed by atoms with Crippen LogP contribution in [0.25, 0.3) is 0 Å². The molecule has 1 aromatic rings. The number of anilines is 1. The molecule has 0 spiro atoms. The molecule has 1 fully saturated rings. The smallest absolute Gasteiger partial charge is 0.338 e. The molecule has 0 aliphatic heterocycles. The monoisotopic (exact) mass is 298 g/mol. The molecule has 0 bridgehead atoms. The van der Waals surface area contributed by atoms with Crippen LogP contribution >= 0.6 is 0 Å². The Bertz CT molecular complexity index is 581. The number of nitro benzene ring substituents is 1. The Morgan fingerprint density at radius 2 is 2.24 bits per heavy atom. The predicted molar refractivity (Wildman–Crippen MR) is 72.1 cm³/mol. The van der Waals surface area contributed by atoms with Gasteiger partial charge in [-0.2, -0.15) is 0 Å². The quantitative estimate of drug-likeness (QED) is 0.617. The number of rotatable bonds is 6. The molecule has 0 amide bonds. The molecule has 0 atom stereocenters. The maximum atomic E-state index is 13.7. The van der Waals surface area contributed by atoms with Crippen molar-refractivity contribution in [2.45, 2.75) is 24.9 Å². The Kier molecular flexibility index (Phi) is 4.08. The average molecular weight is 298 g/mol. The van der Waals surface area contributed by atoms with E-state index in [-0.39, 0.29) is 5.69 Å². The van der Waals surface area contributed by atoms with Gasteiger partial charge in [-0.1, -0.05) is 0 Å². The first-order valence-electron chi connectivity index (χ1n) is 6.39. The van der Waals surface area contributed by atoms with E-state index in [1.54, 1.807) is 7.11 Å². The van der Waals surface area contributed by atoms with Gasteiger partial charge in [-0.15, -0.1) is 0 Å². The van der Waals surface area contributed by atoms with Crippen LogP contribution in [0.2, 0.25) is 0 Å². The van der Waals surface area contributed by atoms with E-state index in [4.69, 9.17) is 9.84 Å². The Hall–Kier alpha value is -2.22. The van der Waals surface area contributed by atoms with E-state index in [0.717, 1.165) is 31.4 Å². The van der Waals surface area contributed by atoms with Crippen LogP contribution in [-0.2, 0) is 4.74 Å². The molecular weight excluding hydrogens is 283 g/mol. The summed E-state index contributed by atoms with van der Waals surface area (Å²) in [6, 6.07) is 1.56. The van der Waals surface area contributed by atoms with Crippen LogP contribution in [0.5, 0.6) is 0 Å². The van der Waals surface area contributed by atoms with Gasteiger partial charge in [0.1, 0.15) is 17.1 Å². The van der Waals surface area contributed by atoms with Gasteiger partial charge >= 0.3 is 5.97 Å². The van der Waals surface area contributed by atoms with E-state index in [1.807, 2.05) is 0 Å². The first-order valence-corrected chi connectivity index (χ1v) is 6.39. The van der Waals surface area contributed by atoms with Crippen molar-refractivity contribution in [3.8, 4) is 0 Å². The molecule has 0 unspecified atom stereocenters. The van der Waals surface area contributed by atoms with Gasteiger partial charge in [0, 0.05) is 25.8 Å². The molecule has 0 saturated heterocycles. The van der Waals surface area contributed by atoms with Gasteiger partial charge in [-0.05, 0) is 19.3 Å². The van der Waals surface area contributed by atoms with Gasteiger partial charge in [0.25, 0.3) is 5.69 Å². The SMILES string of the molecule is COC1(CNc2cc(F)c(C(=O)O)cc2[N+](=O)[O-])CCC1. The first kappa shape index (κ1) is 15.2. The van der Waals surface area contributed by atoms with Crippen molar-refractivity contribution in [1.29, 1.82) is 0 Å². The summed E-state index contributed by atoms with van der Waals surface area (Å²) in [6.45, 7) is 0.302. The van der Waals surface area contributed by atoms with Crippen molar-refractivity contribution in [3.63, 3.8) is 0 Å². The predicted octanol–water partition coefficient (Wildman–Crippen LogP) is 2.41. The van der Waals surface area contributed by atoms with Crippen molar-refractivity contribution in [2.24, 2.45) is 0 Å². The zero-order chi connectivity index (χ0) is 15.6. The van der Waals surface area contributed by atoms with Crippen LogP contribution in [0, 0.1) is 15.9 Å². The summed E-state index contributed by atoms with van der Waals surface area (Å²) in [6.07, 6.45) is 2.64. The Labute approximate surface area is 119 Å². The lowest BCUT2D eigenvalue weighted by atomic mass is 9.80. The topological polar surface area (TPSA) is 102 Å². The molecule has 1 aliphatic rings. The number of benzene rings is 1. The summed E-state index contributed by atoms with van der Waals surface area (Å²) < 4.78 is 19.0. The fraction of sp³-hybridized carbons (Fsp3) is 0.462.